The van der Waals surface area contributed by atoms with Crippen LogP contribution in [0, 0.1) is 0 Å². The molecule has 180 valence electrons. The minimum absolute atomic E-state index is 0.835. The molecule has 0 saturated carbocycles. The Morgan fingerprint density at radius 2 is 1.00 bits per heavy atom. The van der Waals surface area contributed by atoms with Crippen LogP contribution in [0.3, 0.4) is 0 Å². The van der Waals surface area contributed by atoms with E-state index in [1.807, 2.05) is 24.3 Å². The highest BCUT2D eigenvalue weighted by Gasteiger charge is 2.35. The Morgan fingerprint density at radius 3 is 1.42 bits per heavy atom. The van der Waals surface area contributed by atoms with Crippen molar-refractivity contribution < 1.29 is 13.6 Å². The van der Waals surface area contributed by atoms with Crippen molar-refractivity contribution >= 4 is 8.56 Å². The van der Waals surface area contributed by atoms with Gasteiger partial charge < -0.3 is 13.6 Å². The van der Waals surface area contributed by atoms with Gasteiger partial charge in [0.05, 0.1) is 7.11 Å². The maximum atomic E-state index is 6.38. The van der Waals surface area contributed by atoms with Crippen LogP contribution in [-0.4, -0.2) is 22.3 Å². The molecule has 0 atom stereocenters. The Morgan fingerprint density at radius 1 is 0.581 bits per heavy atom. The molecule has 0 bridgehead atoms. The second-order valence-electron chi connectivity index (χ2n) is 8.84. The molecular weight excluding hydrogens is 400 g/mol. The van der Waals surface area contributed by atoms with Gasteiger partial charge in [0.1, 0.15) is 11.5 Å². The SMILES string of the molecule is CCCCCCCCCCCCCCCCO[Si](CC)(CC)Oc1ccc(OC)cc1. The second-order valence-corrected chi connectivity index (χ2v) is 12.6. The number of methoxy groups -OCH3 is 1. The predicted molar refractivity (Wildman–Crippen MR) is 137 cm³/mol. The Hall–Kier alpha value is -1.00. The Kier molecular flexibility index (Phi) is 16.8. The molecule has 0 aliphatic heterocycles. The average molecular weight is 451 g/mol. The highest BCUT2D eigenvalue weighted by molar-refractivity contribution is 6.68. The average Bonchev–Trinajstić information content (AvgIpc) is 2.81. The number of ether oxygens (including phenoxy) is 1. The molecule has 1 aromatic carbocycles. The minimum Gasteiger partial charge on any atom is -0.520 e. The van der Waals surface area contributed by atoms with Crippen molar-refractivity contribution in [3.8, 4) is 11.5 Å². The van der Waals surface area contributed by atoms with Crippen LogP contribution in [0.15, 0.2) is 24.3 Å². The van der Waals surface area contributed by atoms with E-state index in [1.54, 1.807) is 7.11 Å². The predicted octanol–water partition coefficient (Wildman–Crippen LogP) is 9.05. The summed E-state index contributed by atoms with van der Waals surface area (Å²) in [7, 11) is -0.471. The molecule has 0 aromatic heterocycles. The van der Waals surface area contributed by atoms with Crippen molar-refractivity contribution in [3.05, 3.63) is 24.3 Å². The summed E-state index contributed by atoms with van der Waals surface area (Å²) < 4.78 is 18.0. The van der Waals surface area contributed by atoms with Gasteiger partial charge in [-0.3, -0.25) is 0 Å². The van der Waals surface area contributed by atoms with Gasteiger partial charge in [-0.15, -0.1) is 0 Å². The third-order valence-corrected chi connectivity index (χ3v) is 9.80. The molecular formula is C27H50O3Si. The van der Waals surface area contributed by atoms with E-state index in [2.05, 4.69) is 20.8 Å². The molecule has 0 aliphatic carbocycles. The van der Waals surface area contributed by atoms with E-state index >= 15 is 0 Å². The van der Waals surface area contributed by atoms with E-state index < -0.39 is 8.56 Å². The van der Waals surface area contributed by atoms with Gasteiger partial charge >= 0.3 is 8.56 Å². The first-order chi connectivity index (χ1) is 15.2. The van der Waals surface area contributed by atoms with Crippen molar-refractivity contribution in [2.24, 2.45) is 0 Å². The monoisotopic (exact) mass is 450 g/mol. The zero-order chi connectivity index (χ0) is 22.6. The van der Waals surface area contributed by atoms with Gasteiger partial charge in [0.2, 0.25) is 0 Å². The van der Waals surface area contributed by atoms with Crippen LogP contribution in [0.4, 0.5) is 0 Å². The van der Waals surface area contributed by atoms with Gasteiger partial charge in [-0.05, 0) is 42.8 Å². The molecule has 0 saturated heterocycles. The van der Waals surface area contributed by atoms with Gasteiger partial charge in [0, 0.05) is 6.61 Å². The molecule has 1 aromatic rings. The summed E-state index contributed by atoms with van der Waals surface area (Å²) in [5, 5.41) is 0. The fourth-order valence-corrected chi connectivity index (χ4v) is 6.38. The lowest BCUT2D eigenvalue weighted by Crippen LogP contribution is -2.44. The molecule has 0 amide bonds. The maximum Gasteiger partial charge on any atom is 0.398 e. The van der Waals surface area contributed by atoms with Gasteiger partial charge in [-0.2, -0.15) is 0 Å². The first kappa shape index (κ1) is 28.0. The standard InChI is InChI=1S/C27H50O3Si/c1-5-8-9-10-11-12-13-14-15-16-17-18-19-20-25-29-31(6-2,7-3)30-27-23-21-26(28-4)22-24-27/h21-24H,5-20,25H2,1-4H3. The third kappa shape index (κ3) is 13.2. The molecule has 0 unspecified atom stereocenters. The van der Waals surface area contributed by atoms with Crippen LogP contribution in [-0.2, 0) is 4.43 Å². The third-order valence-electron chi connectivity index (χ3n) is 6.30. The van der Waals surface area contributed by atoms with Crippen LogP contribution in [0.25, 0.3) is 0 Å². The molecule has 0 N–H and O–H groups in total. The molecule has 0 aliphatic rings. The summed E-state index contributed by atoms with van der Waals surface area (Å²) in [4.78, 5) is 0. The minimum atomic E-state index is -2.16. The largest absolute Gasteiger partial charge is 0.520 e. The lowest BCUT2D eigenvalue weighted by Gasteiger charge is -2.29. The second kappa shape index (κ2) is 18.6. The summed E-state index contributed by atoms with van der Waals surface area (Å²) in [5.74, 6) is 1.76. The van der Waals surface area contributed by atoms with Gasteiger partial charge in [0.25, 0.3) is 0 Å². The van der Waals surface area contributed by atoms with Crippen LogP contribution in [0.1, 0.15) is 111 Å². The molecule has 1 rings (SSSR count). The van der Waals surface area contributed by atoms with Crippen LogP contribution in [0.5, 0.6) is 11.5 Å². The van der Waals surface area contributed by atoms with Crippen LogP contribution in [0.2, 0.25) is 12.1 Å². The van der Waals surface area contributed by atoms with Crippen LogP contribution < -0.4 is 9.16 Å². The summed E-state index contributed by atoms with van der Waals surface area (Å²) in [6.07, 6.45) is 19.4. The first-order valence-corrected chi connectivity index (χ1v) is 15.4. The Bertz CT molecular complexity index is 514. The fourth-order valence-electron chi connectivity index (χ4n) is 4.04. The van der Waals surface area contributed by atoms with E-state index in [0.717, 1.165) is 36.6 Å². The van der Waals surface area contributed by atoms with Crippen LogP contribution >= 0.6 is 0 Å². The number of benzene rings is 1. The van der Waals surface area contributed by atoms with Gasteiger partial charge in [-0.25, -0.2) is 0 Å². The molecule has 0 heterocycles. The van der Waals surface area contributed by atoms with Crippen molar-refractivity contribution in [1.29, 1.82) is 0 Å². The van der Waals surface area contributed by atoms with Gasteiger partial charge in [0.15, 0.2) is 0 Å². The molecule has 3 nitrogen and oxygen atoms in total. The first-order valence-electron chi connectivity index (χ1n) is 13.2. The number of hydrogen-bond donors (Lipinski definition) is 0. The molecule has 0 radical (unpaired) electrons. The molecule has 0 spiro atoms. The van der Waals surface area contributed by atoms with Crippen molar-refractivity contribution in [2.75, 3.05) is 13.7 Å². The Labute approximate surface area is 194 Å². The number of unbranched alkanes of at least 4 members (excludes halogenated alkanes) is 13. The summed E-state index contributed by atoms with van der Waals surface area (Å²) >= 11 is 0. The lowest BCUT2D eigenvalue weighted by atomic mass is 10.0. The van der Waals surface area contributed by atoms with Crippen molar-refractivity contribution in [1.82, 2.24) is 0 Å². The van der Waals surface area contributed by atoms with E-state index in [0.29, 0.717) is 0 Å². The number of hydrogen-bond acceptors (Lipinski definition) is 3. The molecule has 31 heavy (non-hydrogen) atoms. The lowest BCUT2D eigenvalue weighted by molar-refractivity contribution is 0.230. The zero-order valence-electron chi connectivity index (χ0n) is 21.1. The van der Waals surface area contributed by atoms with E-state index in [9.17, 15) is 0 Å². The zero-order valence-corrected chi connectivity index (χ0v) is 22.1. The van der Waals surface area contributed by atoms with Gasteiger partial charge in [-0.1, -0.05) is 104 Å². The molecule has 0 fully saturated rings. The highest BCUT2D eigenvalue weighted by atomic mass is 28.4. The normalized spacial score (nSPS) is 11.6. The number of rotatable bonds is 21. The summed E-state index contributed by atoms with van der Waals surface area (Å²) in [5.41, 5.74) is 0. The van der Waals surface area contributed by atoms with E-state index in [-0.39, 0.29) is 0 Å². The van der Waals surface area contributed by atoms with Crippen molar-refractivity contribution in [3.63, 3.8) is 0 Å². The smallest absolute Gasteiger partial charge is 0.398 e. The topological polar surface area (TPSA) is 27.7 Å². The van der Waals surface area contributed by atoms with Crippen molar-refractivity contribution in [2.45, 2.75) is 123 Å². The quantitative estimate of drug-likeness (QED) is 0.138. The maximum absolute atomic E-state index is 6.38. The summed E-state index contributed by atoms with van der Waals surface area (Å²) in [6, 6.07) is 9.84. The highest BCUT2D eigenvalue weighted by Crippen LogP contribution is 2.25. The van der Waals surface area contributed by atoms with E-state index in [1.165, 1.54) is 83.5 Å². The fraction of sp³-hybridized carbons (Fsp3) is 0.778. The van der Waals surface area contributed by atoms with E-state index in [4.69, 9.17) is 13.6 Å². The Balaban J connectivity index is 2.06. The molecule has 4 heteroatoms. The summed E-state index contributed by atoms with van der Waals surface area (Å²) in [6.45, 7) is 7.52.